The number of nitrogens with zero attached hydrogens (tertiary/aromatic N) is 1. The van der Waals surface area contributed by atoms with Crippen LogP contribution in [0.1, 0.15) is 23.6 Å². The van der Waals surface area contributed by atoms with Crippen molar-refractivity contribution < 1.29 is 0 Å². The van der Waals surface area contributed by atoms with Gasteiger partial charge >= 0.3 is 0 Å². The third kappa shape index (κ3) is 1.54. The average Bonchev–Trinajstić information content (AvgIpc) is 2.64. The summed E-state index contributed by atoms with van der Waals surface area (Å²) in [6.45, 7) is 5.54. The molecule has 3 rings (SSSR count). The largest absolute Gasteiger partial charge is 0.373 e. The fraction of sp³-hybridized carbons (Fsp3) is 0.294. The highest BCUT2D eigenvalue weighted by molar-refractivity contribution is 5.65. The molecule has 0 saturated carbocycles. The molecule has 2 aromatic carbocycles. The lowest BCUT2D eigenvalue weighted by Crippen LogP contribution is -2.29. The lowest BCUT2D eigenvalue weighted by molar-refractivity contribution is 0.608. The van der Waals surface area contributed by atoms with Crippen LogP contribution in [0.5, 0.6) is 0 Å². The predicted molar refractivity (Wildman–Crippen MR) is 77.3 cm³/mol. The smallest absolute Gasteiger partial charge is 0.0406 e. The molecule has 1 unspecified atom stereocenters. The highest BCUT2D eigenvalue weighted by Gasteiger charge is 2.38. The van der Waals surface area contributed by atoms with E-state index in [1.807, 2.05) is 0 Å². The molecule has 1 aliphatic rings. The van der Waals surface area contributed by atoms with Crippen molar-refractivity contribution in [2.75, 3.05) is 18.5 Å². The fourth-order valence-corrected chi connectivity index (χ4v) is 3.09. The van der Waals surface area contributed by atoms with Gasteiger partial charge in [-0.2, -0.15) is 0 Å². The number of para-hydroxylation sites is 1. The molecule has 0 aliphatic carbocycles. The van der Waals surface area contributed by atoms with E-state index in [1.165, 1.54) is 22.4 Å². The molecule has 0 N–H and O–H groups in total. The lowest BCUT2D eigenvalue weighted by atomic mass is 9.78. The van der Waals surface area contributed by atoms with Crippen molar-refractivity contribution in [2.45, 2.75) is 19.3 Å². The summed E-state index contributed by atoms with van der Waals surface area (Å²) in [5.41, 5.74) is 5.64. The average molecular weight is 237 g/mol. The molecule has 92 valence electrons. The third-order valence-corrected chi connectivity index (χ3v) is 4.15. The summed E-state index contributed by atoms with van der Waals surface area (Å²) in [6.07, 6.45) is 0. The van der Waals surface area contributed by atoms with Crippen LogP contribution in [0, 0.1) is 6.92 Å². The Hall–Kier alpha value is -1.76. The van der Waals surface area contributed by atoms with Gasteiger partial charge in [-0.1, -0.05) is 48.0 Å². The zero-order chi connectivity index (χ0) is 12.8. The van der Waals surface area contributed by atoms with Gasteiger partial charge in [0.15, 0.2) is 0 Å². The van der Waals surface area contributed by atoms with Crippen LogP contribution in [0.25, 0.3) is 0 Å². The van der Waals surface area contributed by atoms with Gasteiger partial charge in [-0.15, -0.1) is 0 Å². The van der Waals surface area contributed by atoms with E-state index in [4.69, 9.17) is 0 Å². The molecule has 18 heavy (non-hydrogen) atoms. The maximum Gasteiger partial charge on any atom is 0.0406 e. The Morgan fingerprint density at radius 3 is 2.39 bits per heavy atom. The molecule has 1 aliphatic heterocycles. The Morgan fingerprint density at radius 1 is 1.00 bits per heavy atom. The Labute approximate surface area is 109 Å². The second-order valence-corrected chi connectivity index (χ2v) is 5.57. The van der Waals surface area contributed by atoms with Crippen LogP contribution in [-0.4, -0.2) is 13.6 Å². The highest BCUT2D eigenvalue weighted by Crippen LogP contribution is 2.43. The van der Waals surface area contributed by atoms with E-state index in [1.54, 1.807) is 0 Å². The van der Waals surface area contributed by atoms with Crippen LogP contribution in [0.4, 0.5) is 5.69 Å². The summed E-state index contributed by atoms with van der Waals surface area (Å²) < 4.78 is 0. The van der Waals surface area contributed by atoms with Gasteiger partial charge in [-0.25, -0.2) is 0 Å². The first-order chi connectivity index (χ1) is 8.61. The molecular formula is C17H19N. The first-order valence-corrected chi connectivity index (χ1v) is 6.49. The van der Waals surface area contributed by atoms with Gasteiger partial charge in [0.2, 0.25) is 0 Å². The zero-order valence-corrected chi connectivity index (χ0v) is 11.3. The molecule has 0 spiro atoms. The van der Waals surface area contributed by atoms with Gasteiger partial charge in [-0.05, 0) is 31.0 Å². The number of hydrogen-bond acceptors (Lipinski definition) is 1. The maximum absolute atomic E-state index is 2.36. The number of likely N-dealkylation sites (N-methyl/N-ethyl adjacent to an activating group) is 1. The number of fused-ring (bicyclic) bond motifs is 1. The van der Waals surface area contributed by atoms with Gasteiger partial charge in [0.1, 0.15) is 0 Å². The number of benzene rings is 2. The molecule has 0 aromatic heterocycles. The summed E-state index contributed by atoms with van der Waals surface area (Å²) in [5, 5.41) is 0. The second kappa shape index (κ2) is 3.88. The molecule has 0 fully saturated rings. The van der Waals surface area contributed by atoms with Crippen LogP contribution in [0.2, 0.25) is 0 Å². The molecule has 0 bridgehead atoms. The van der Waals surface area contributed by atoms with Gasteiger partial charge in [0.05, 0.1) is 0 Å². The van der Waals surface area contributed by atoms with E-state index >= 15 is 0 Å². The monoisotopic (exact) mass is 237 g/mol. The minimum atomic E-state index is 0.110. The van der Waals surface area contributed by atoms with Crippen LogP contribution in [0.15, 0.2) is 48.5 Å². The fourth-order valence-electron chi connectivity index (χ4n) is 3.09. The van der Waals surface area contributed by atoms with Crippen molar-refractivity contribution in [1.29, 1.82) is 0 Å². The van der Waals surface area contributed by atoms with Crippen LogP contribution in [0.3, 0.4) is 0 Å². The van der Waals surface area contributed by atoms with Crippen molar-refractivity contribution in [3.8, 4) is 0 Å². The second-order valence-electron chi connectivity index (χ2n) is 5.57. The topological polar surface area (TPSA) is 3.24 Å². The van der Waals surface area contributed by atoms with Crippen molar-refractivity contribution in [2.24, 2.45) is 0 Å². The van der Waals surface area contributed by atoms with Gasteiger partial charge in [-0.3, -0.25) is 0 Å². The standard InChI is InChI=1S/C17H19N/c1-13-8-10-14(11-9-13)17(2)12-18(3)16-7-5-4-6-15(16)17/h4-11H,12H2,1-3H3. The molecule has 1 nitrogen and oxygen atoms in total. The maximum atomic E-state index is 2.36. The SMILES string of the molecule is Cc1ccc(C2(C)CN(C)c3ccccc32)cc1. The van der Waals surface area contributed by atoms with Gasteiger partial charge in [0, 0.05) is 24.7 Å². The molecule has 0 radical (unpaired) electrons. The van der Waals surface area contributed by atoms with Gasteiger partial charge < -0.3 is 4.90 Å². The Kier molecular flexibility index (Phi) is 2.44. The van der Waals surface area contributed by atoms with E-state index < -0.39 is 0 Å². The van der Waals surface area contributed by atoms with Crippen LogP contribution >= 0.6 is 0 Å². The van der Waals surface area contributed by atoms with E-state index in [0.29, 0.717) is 0 Å². The quantitative estimate of drug-likeness (QED) is 0.730. The Bertz CT molecular complexity index is 570. The summed E-state index contributed by atoms with van der Waals surface area (Å²) in [5.74, 6) is 0. The van der Waals surface area contributed by atoms with E-state index in [2.05, 4.69) is 74.3 Å². The normalized spacial score (nSPS) is 22.1. The van der Waals surface area contributed by atoms with Crippen LogP contribution in [-0.2, 0) is 5.41 Å². The molecule has 1 heteroatoms. The van der Waals surface area contributed by atoms with E-state index in [9.17, 15) is 0 Å². The molecule has 0 saturated heterocycles. The predicted octanol–water partition coefficient (Wildman–Crippen LogP) is 3.75. The first-order valence-electron chi connectivity index (χ1n) is 6.49. The molecule has 0 amide bonds. The van der Waals surface area contributed by atoms with Gasteiger partial charge in [0.25, 0.3) is 0 Å². The Morgan fingerprint density at radius 2 is 1.67 bits per heavy atom. The molecule has 1 heterocycles. The van der Waals surface area contributed by atoms with Crippen LogP contribution < -0.4 is 4.90 Å². The first kappa shape index (κ1) is 11.3. The summed E-state index contributed by atoms with van der Waals surface area (Å²) in [4.78, 5) is 2.36. The molecular weight excluding hydrogens is 218 g/mol. The number of hydrogen-bond donors (Lipinski definition) is 0. The Balaban J connectivity index is 2.14. The third-order valence-electron chi connectivity index (χ3n) is 4.15. The number of aryl methyl sites for hydroxylation is 1. The van der Waals surface area contributed by atoms with E-state index in [-0.39, 0.29) is 5.41 Å². The van der Waals surface area contributed by atoms with E-state index in [0.717, 1.165) is 6.54 Å². The molecule has 2 aromatic rings. The van der Waals surface area contributed by atoms with Crippen molar-refractivity contribution in [1.82, 2.24) is 0 Å². The van der Waals surface area contributed by atoms with Crippen molar-refractivity contribution in [3.05, 3.63) is 65.2 Å². The summed E-state index contributed by atoms with van der Waals surface area (Å²) in [6, 6.07) is 17.7. The molecule has 1 atom stereocenters. The summed E-state index contributed by atoms with van der Waals surface area (Å²) in [7, 11) is 2.18. The van der Waals surface area contributed by atoms with Crippen molar-refractivity contribution in [3.63, 3.8) is 0 Å². The number of anilines is 1. The van der Waals surface area contributed by atoms with Crippen molar-refractivity contribution >= 4 is 5.69 Å². The lowest BCUT2D eigenvalue weighted by Gasteiger charge is -2.26. The highest BCUT2D eigenvalue weighted by atomic mass is 15.1. The number of rotatable bonds is 1. The minimum Gasteiger partial charge on any atom is -0.373 e. The minimum absolute atomic E-state index is 0.110. The zero-order valence-electron chi connectivity index (χ0n) is 11.3. The summed E-state index contributed by atoms with van der Waals surface area (Å²) >= 11 is 0.